The van der Waals surface area contributed by atoms with E-state index in [2.05, 4.69) is 17.9 Å². The van der Waals surface area contributed by atoms with Crippen LogP contribution in [0.25, 0.3) is 0 Å². The predicted molar refractivity (Wildman–Crippen MR) is 112 cm³/mol. The number of amides is 1. The second kappa shape index (κ2) is 12.0. The maximum Gasteiger partial charge on any atom is 0.412 e. The molecule has 0 saturated carbocycles. The molecule has 2 N–H and O–H groups in total. The van der Waals surface area contributed by atoms with Crippen LogP contribution in [0.5, 0.6) is 5.75 Å². The Hall–Kier alpha value is -2.71. The van der Waals surface area contributed by atoms with E-state index in [1.165, 1.54) is 12.1 Å². The van der Waals surface area contributed by atoms with Gasteiger partial charge in [-0.1, -0.05) is 30.3 Å². The topological polar surface area (TPSA) is 94.1 Å². The van der Waals surface area contributed by atoms with Crippen molar-refractivity contribution in [1.29, 1.82) is 0 Å². The average molecular weight is 419 g/mol. The summed E-state index contributed by atoms with van der Waals surface area (Å²) in [5.41, 5.74) is 1.24. The van der Waals surface area contributed by atoms with Crippen LogP contribution in [0.2, 0.25) is 0 Å². The summed E-state index contributed by atoms with van der Waals surface area (Å²) in [6, 6.07) is 15.2. The molecule has 0 unspecified atom stereocenters. The number of rotatable bonds is 10. The normalized spacial score (nSPS) is 12.6. The lowest BCUT2D eigenvalue weighted by Gasteiger charge is -2.27. The van der Waals surface area contributed by atoms with E-state index >= 15 is 0 Å². The van der Waals surface area contributed by atoms with Crippen LogP contribution >= 0.6 is 12.6 Å². The fourth-order valence-corrected chi connectivity index (χ4v) is 2.77. The van der Waals surface area contributed by atoms with Crippen molar-refractivity contribution in [2.24, 2.45) is 0 Å². The van der Waals surface area contributed by atoms with Crippen molar-refractivity contribution in [3.05, 3.63) is 60.2 Å². The summed E-state index contributed by atoms with van der Waals surface area (Å²) in [7, 11) is 0. The van der Waals surface area contributed by atoms with E-state index < -0.39 is 24.3 Å². The van der Waals surface area contributed by atoms with Crippen molar-refractivity contribution in [2.45, 2.75) is 25.6 Å². The Morgan fingerprint density at radius 1 is 1.10 bits per heavy atom. The van der Waals surface area contributed by atoms with Crippen molar-refractivity contribution in [1.82, 2.24) is 0 Å². The summed E-state index contributed by atoms with van der Waals surface area (Å²) in [6.45, 7) is 2.30. The number of nitrogens with one attached hydrogen (secondary N) is 1. The third-order valence-electron chi connectivity index (χ3n) is 3.99. The van der Waals surface area contributed by atoms with Gasteiger partial charge < -0.3 is 19.3 Å². The largest absolute Gasteiger partial charge is 0.508 e. The van der Waals surface area contributed by atoms with Crippen molar-refractivity contribution in [3.63, 3.8) is 0 Å². The Kier molecular flexibility index (Phi) is 9.33. The van der Waals surface area contributed by atoms with Gasteiger partial charge in [0, 0.05) is 18.7 Å². The van der Waals surface area contributed by atoms with E-state index in [1.54, 1.807) is 36.4 Å². The van der Waals surface area contributed by atoms with Crippen molar-refractivity contribution in [3.8, 4) is 5.75 Å². The highest BCUT2D eigenvalue weighted by atomic mass is 32.1. The second-order valence-electron chi connectivity index (χ2n) is 6.07. The molecule has 0 aliphatic rings. The van der Waals surface area contributed by atoms with Crippen LogP contribution in [0.1, 0.15) is 25.0 Å². The van der Waals surface area contributed by atoms with Gasteiger partial charge in [-0.15, -0.1) is 0 Å². The molecule has 0 radical (unpaired) electrons. The minimum Gasteiger partial charge on any atom is -0.508 e. The minimum atomic E-state index is -0.769. The first-order valence-electron chi connectivity index (χ1n) is 9.23. The molecule has 29 heavy (non-hydrogen) atoms. The first-order chi connectivity index (χ1) is 14.0. The van der Waals surface area contributed by atoms with E-state index in [-0.39, 0.29) is 18.1 Å². The first kappa shape index (κ1) is 22.6. The number of benzene rings is 2. The average Bonchev–Trinajstić information content (AvgIpc) is 2.73. The van der Waals surface area contributed by atoms with Gasteiger partial charge in [0.1, 0.15) is 11.9 Å². The quantitative estimate of drug-likeness (QED) is 0.399. The lowest BCUT2D eigenvalue weighted by atomic mass is 10.0. The molecule has 2 rings (SSSR count). The number of anilines is 1. The number of aromatic hydroxyl groups is 1. The second-order valence-corrected chi connectivity index (χ2v) is 6.39. The molecular weight excluding hydrogens is 394 g/mol. The Balaban J connectivity index is 2.15. The molecule has 2 atom stereocenters. The zero-order valence-electron chi connectivity index (χ0n) is 16.1. The fraction of sp³-hybridized carbons (Fsp3) is 0.333. The van der Waals surface area contributed by atoms with E-state index in [0.29, 0.717) is 24.3 Å². The van der Waals surface area contributed by atoms with Crippen LogP contribution < -0.4 is 5.32 Å². The van der Waals surface area contributed by atoms with Crippen molar-refractivity contribution < 1.29 is 28.9 Å². The van der Waals surface area contributed by atoms with E-state index in [0.717, 1.165) is 0 Å². The van der Waals surface area contributed by atoms with Gasteiger partial charge >= 0.3 is 12.1 Å². The highest BCUT2D eigenvalue weighted by Gasteiger charge is 2.28. The Morgan fingerprint density at radius 2 is 1.79 bits per heavy atom. The Morgan fingerprint density at radius 3 is 2.41 bits per heavy atom. The standard InChI is InChI=1S/C21H25NO6S/c1-2-26-18(12-13-27-19(24)14-29)20(15-8-10-17(23)11-9-15)28-21(25)22-16-6-4-3-5-7-16/h3-11,18,20,23,29H,2,12-14H2,1H3,(H,22,25)/t18-,20-/m1/s1. The molecule has 0 fully saturated rings. The number of ether oxygens (including phenoxy) is 3. The molecule has 0 heterocycles. The number of para-hydroxylation sites is 1. The zero-order chi connectivity index (χ0) is 21.1. The smallest absolute Gasteiger partial charge is 0.412 e. The summed E-state index contributed by atoms with van der Waals surface area (Å²) < 4.78 is 16.5. The molecule has 0 bridgehead atoms. The van der Waals surface area contributed by atoms with Crippen LogP contribution in [0.3, 0.4) is 0 Å². The predicted octanol–water partition coefficient (Wildman–Crippen LogP) is 3.95. The number of phenolic OH excluding ortho intramolecular Hbond substituents is 1. The third kappa shape index (κ3) is 7.67. The first-order valence-corrected chi connectivity index (χ1v) is 9.86. The van der Waals surface area contributed by atoms with E-state index in [1.807, 2.05) is 13.0 Å². The van der Waals surface area contributed by atoms with Crippen LogP contribution in [-0.4, -0.2) is 42.2 Å². The summed E-state index contributed by atoms with van der Waals surface area (Å²) in [5.74, 6) is -0.360. The third-order valence-corrected chi connectivity index (χ3v) is 4.25. The van der Waals surface area contributed by atoms with Crippen LogP contribution in [0.4, 0.5) is 10.5 Å². The SMILES string of the molecule is CCO[C@H](CCOC(=O)CS)[C@H](OC(=O)Nc1ccccc1)c1ccc(O)cc1. The zero-order valence-corrected chi connectivity index (χ0v) is 17.0. The highest BCUT2D eigenvalue weighted by Crippen LogP contribution is 2.28. The molecule has 2 aromatic carbocycles. The lowest BCUT2D eigenvalue weighted by molar-refractivity contribution is -0.142. The molecule has 2 aromatic rings. The molecule has 8 heteroatoms. The molecule has 7 nitrogen and oxygen atoms in total. The Labute approximate surface area is 175 Å². The molecule has 0 aromatic heterocycles. The van der Waals surface area contributed by atoms with Gasteiger partial charge in [0.2, 0.25) is 0 Å². The number of esters is 1. The van der Waals surface area contributed by atoms with Crippen molar-refractivity contribution in [2.75, 3.05) is 24.3 Å². The maximum absolute atomic E-state index is 12.5. The van der Waals surface area contributed by atoms with Crippen molar-refractivity contribution >= 4 is 30.4 Å². The number of phenols is 1. The lowest BCUT2D eigenvalue weighted by Crippen LogP contribution is -2.30. The molecule has 156 valence electrons. The van der Waals surface area contributed by atoms with Gasteiger partial charge in [-0.25, -0.2) is 4.79 Å². The van der Waals surface area contributed by atoms with Gasteiger partial charge in [0.15, 0.2) is 6.10 Å². The number of hydrogen-bond donors (Lipinski definition) is 3. The summed E-state index contributed by atoms with van der Waals surface area (Å²) in [4.78, 5) is 23.8. The Bertz CT molecular complexity index is 769. The molecular formula is C21H25NO6S. The fourth-order valence-electron chi connectivity index (χ4n) is 2.68. The molecule has 0 saturated heterocycles. The van der Waals surface area contributed by atoms with Gasteiger partial charge in [0.05, 0.1) is 12.4 Å². The molecule has 0 aliphatic carbocycles. The number of thiol groups is 1. The van der Waals surface area contributed by atoms with E-state index in [4.69, 9.17) is 14.2 Å². The van der Waals surface area contributed by atoms with Crippen LogP contribution in [0.15, 0.2) is 54.6 Å². The van der Waals surface area contributed by atoms with Crippen LogP contribution in [0, 0.1) is 0 Å². The summed E-state index contributed by atoms with van der Waals surface area (Å²) in [5, 5.41) is 12.2. The molecule has 0 spiro atoms. The monoisotopic (exact) mass is 419 g/mol. The van der Waals surface area contributed by atoms with Crippen LogP contribution in [-0.2, 0) is 19.0 Å². The number of carbonyl (C=O) groups is 2. The minimum absolute atomic E-state index is 0.0172. The van der Waals surface area contributed by atoms with Gasteiger partial charge in [0.25, 0.3) is 0 Å². The number of carbonyl (C=O) groups excluding carboxylic acids is 2. The summed E-state index contributed by atoms with van der Waals surface area (Å²) in [6.07, 6.45) is -1.66. The van der Waals surface area contributed by atoms with Gasteiger partial charge in [-0.2, -0.15) is 12.6 Å². The van der Waals surface area contributed by atoms with E-state index in [9.17, 15) is 14.7 Å². The summed E-state index contributed by atoms with van der Waals surface area (Å²) >= 11 is 3.87. The highest BCUT2D eigenvalue weighted by molar-refractivity contribution is 7.81. The molecule has 1 amide bonds. The number of hydrogen-bond acceptors (Lipinski definition) is 7. The van der Waals surface area contributed by atoms with Gasteiger partial charge in [-0.05, 0) is 36.8 Å². The maximum atomic E-state index is 12.5. The molecule has 0 aliphatic heterocycles. The van der Waals surface area contributed by atoms with Gasteiger partial charge in [-0.3, -0.25) is 10.1 Å².